The van der Waals surface area contributed by atoms with Gasteiger partial charge in [0.2, 0.25) is 0 Å². The Hall–Kier alpha value is -1.63. The average molecular weight is 345 g/mol. The SMILES string of the molecule is COc1ccc2c3c1O[C@H]1C(=O)C[C@@H](O)[C@@]4(O)C(C2)N(C)CC(C)[C@]314. The van der Waals surface area contributed by atoms with E-state index < -0.39 is 23.2 Å². The highest BCUT2D eigenvalue weighted by molar-refractivity contribution is 5.91. The van der Waals surface area contributed by atoms with Crippen molar-refractivity contribution in [1.29, 1.82) is 0 Å². The van der Waals surface area contributed by atoms with Crippen LogP contribution in [-0.4, -0.2) is 65.4 Å². The number of Topliss-reactive ketones (excluding diaryl/α,β-unsaturated/α-hetero) is 1. The number of carbonyl (C=O) groups is 1. The van der Waals surface area contributed by atoms with Crippen LogP contribution in [0.4, 0.5) is 0 Å². The van der Waals surface area contributed by atoms with Crippen molar-refractivity contribution in [3.63, 3.8) is 0 Å². The number of aliphatic hydroxyl groups is 2. The molecule has 2 N–H and O–H groups in total. The lowest BCUT2D eigenvalue weighted by atomic mass is 9.45. The molecule has 2 unspecified atom stereocenters. The largest absolute Gasteiger partial charge is 0.493 e. The fourth-order valence-corrected chi connectivity index (χ4v) is 6.26. The molecule has 6 nitrogen and oxygen atoms in total. The topological polar surface area (TPSA) is 79.2 Å². The zero-order chi connectivity index (χ0) is 17.7. The van der Waals surface area contributed by atoms with Crippen LogP contribution in [0.5, 0.6) is 11.5 Å². The molecule has 6 atom stereocenters. The molecule has 0 aromatic heterocycles. The van der Waals surface area contributed by atoms with Crippen LogP contribution in [0.25, 0.3) is 0 Å². The van der Waals surface area contributed by atoms with E-state index in [1.54, 1.807) is 7.11 Å². The van der Waals surface area contributed by atoms with E-state index in [0.29, 0.717) is 17.9 Å². The highest BCUT2D eigenvalue weighted by Crippen LogP contribution is 2.66. The summed E-state index contributed by atoms with van der Waals surface area (Å²) in [6.07, 6.45) is -1.32. The molecule has 1 aromatic carbocycles. The van der Waals surface area contributed by atoms with E-state index in [4.69, 9.17) is 9.47 Å². The van der Waals surface area contributed by atoms with Gasteiger partial charge >= 0.3 is 0 Å². The summed E-state index contributed by atoms with van der Waals surface area (Å²) >= 11 is 0. The predicted molar refractivity (Wildman–Crippen MR) is 89.0 cm³/mol. The number of rotatable bonds is 1. The molecule has 4 aliphatic rings. The molecule has 0 amide bonds. The maximum absolute atomic E-state index is 12.8. The van der Waals surface area contributed by atoms with Crippen molar-refractivity contribution in [2.75, 3.05) is 20.7 Å². The monoisotopic (exact) mass is 345 g/mol. The zero-order valence-corrected chi connectivity index (χ0v) is 14.7. The first-order valence-electron chi connectivity index (χ1n) is 8.87. The minimum Gasteiger partial charge on any atom is -0.493 e. The van der Waals surface area contributed by atoms with Crippen LogP contribution in [0.3, 0.4) is 0 Å². The van der Waals surface area contributed by atoms with E-state index >= 15 is 0 Å². The van der Waals surface area contributed by atoms with Crippen molar-refractivity contribution >= 4 is 5.78 Å². The first-order valence-corrected chi connectivity index (χ1v) is 8.87. The van der Waals surface area contributed by atoms with Gasteiger partial charge in [0.15, 0.2) is 23.4 Å². The second kappa shape index (κ2) is 4.55. The molecule has 2 fully saturated rings. The molecule has 1 aromatic rings. The summed E-state index contributed by atoms with van der Waals surface area (Å²) in [6, 6.07) is 3.63. The number of piperidine rings is 1. The molecule has 1 saturated carbocycles. The lowest BCUT2D eigenvalue weighted by molar-refractivity contribution is -0.240. The Morgan fingerprint density at radius 2 is 2.12 bits per heavy atom. The number of carbonyl (C=O) groups excluding carboxylic acids is 1. The van der Waals surface area contributed by atoms with Gasteiger partial charge in [-0.25, -0.2) is 0 Å². The number of ether oxygens (including phenoxy) is 2. The molecule has 2 aliphatic heterocycles. The van der Waals surface area contributed by atoms with E-state index in [0.717, 1.165) is 17.7 Å². The van der Waals surface area contributed by atoms with Crippen LogP contribution in [0.2, 0.25) is 0 Å². The third-order valence-electron chi connectivity index (χ3n) is 7.14. The van der Waals surface area contributed by atoms with Crippen molar-refractivity contribution in [1.82, 2.24) is 4.90 Å². The summed E-state index contributed by atoms with van der Waals surface area (Å²) in [5, 5.41) is 22.8. The standard InChI is InChI=1S/C19H23NO5/c1-9-8-20(2)13-6-10-4-5-12(24-3)16-15(10)18(9)17(25-16)11(21)7-14(22)19(13,18)23/h4-5,9,13-14,17,22-23H,6-8H2,1-3H3/t9?,13?,14-,17+,18+,19+/m1/s1. The Morgan fingerprint density at radius 3 is 2.84 bits per heavy atom. The Balaban J connectivity index is 1.91. The van der Waals surface area contributed by atoms with Crippen molar-refractivity contribution in [2.45, 2.75) is 49.0 Å². The number of hydrogen-bond acceptors (Lipinski definition) is 6. The molecular weight excluding hydrogens is 322 g/mol. The molecule has 6 heteroatoms. The maximum atomic E-state index is 12.8. The lowest BCUT2D eigenvalue weighted by Gasteiger charge is -2.65. The number of hydrogen-bond donors (Lipinski definition) is 2. The number of likely N-dealkylation sites (N-methyl/N-ethyl adjacent to an activating group) is 1. The van der Waals surface area contributed by atoms with Crippen molar-refractivity contribution in [3.8, 4) is 11.5 Å². The van der Waals surface area contributed by atoms with Crippen LogP contribution >= 0.6 is 0 Å². The van der Waals surface area contributed by atoms with Crippen molar-refractivity contribution in [3.05, 3.63) is 23.3 Å². The van der Waals surface area contributed by atoms with Gasteiger partial charge < -0.3 is 19.7 Å². The Labute approximate surface area is 146 Å². The Morgan fingerprint density at radius 1 is 1.36 bits per heavy atom. The molecule has 1 spiro atoms. The van der Waals surface area contributed by atoms with Crippen molar-refractivity contribution in [2.24, 2.45) is 5.92 Å². The van der Waals surface area contributed by atoms with Gasteiger partial charge in [-0.3, -0.25) is 9.69 Å². The van der Waals surface area contributed by atoms with E-state index in [9.17, 15) is 15.0 Å². The molecule has 25 heavy (non-hydrogen) atoms. The van der Waals surface area contributed by atoms with Crippen LogP contribution in [0.15, 0.2) is 12.1 Å². The maximum Gasteiger partial charge on any atom is 0.177 e. The summed E-state index contributed by atoms with van der Waals surface area (Å²) < 4.78 is 11.6. The van der Waals surface area contributed by atoms with Gasteiger partial charge in [-0.05, 0) is 31.0 Å². The minimum atomic E-state index is -1.41. The predicted octanol–water partition coefficient (Wildman–Crippen LogP) is 0.265. The van der Waals surface area contributed by atoms with Crippen LogP contribution < -0.4 is 9.47 Å². The number of likely N-dealkylation sites (tertiary alicyclic amines) is 1. The molecule has 2 aliphatic carbocycles. The molecule has 1 saturated heterocycles. The van der Waals surface area contributed by atoms with Gasteiger partial charge in [-0.2, -0.15) is 0 Å². The van der Waals surface area contributed by atoms with Crippen LogP contribution in [0.1, 0.15) is 24.5 Å². The highest BCUT2D eigenvalue weighted by atomic mass is 16.5. The highest BCUT2D eigenvalue weighted by Gasteiger charge is 2.77. The fourth-order valence-electron chi connectivity index (χ4n) is 6.26. The lowest BCUT2D eigenvalue weighted by Crippen LogP contribution is -2.82. The van der Waals surface area contributed by atoms with E-state index in [1.165, 1.54) is 0 Å². The second-order valence-electron chi connectivity index (χ2n) is 8.07. The molecule has 2 bridgehead atoms. The van der Waals surface area contributed by atoms with Gasteiger partial charge in [-0.1, -0.05) is 13.0 Å². The summed E-state index contributed by atoms with van der Waals surface area (Å²) in [6.45, 7) is 2.78. The van der Waals surface area contributed by atoms with Crippen molar-refractivity contribution < 1.29 is 24.5 Å². The third kappa shape index (κ3) is 1.44. The summed E-state index contributed by atoms with van der Waals surface area (Å²) in [7, 11) is 3.56. The first-order chi connectivity index (χ1) is 11.9. The average Bonchev–Trinajstić information content (AvgIpc) is 2.94. The molecule has 134 valence electrons. The van der Waals surface area contributed by atoms with E-state index in [2.05, 4.69) is 4.90 Å². The number of nitrogens with zero attached hydrogens (tertiary/aromatic N) is 1. The summed E-state index contributed by atoms with van der Waals surface area (Å²) in [5.41, 5.74) is -0.379. The quantitative estimate of drug-likeness (QED) is 0.760. The second-order valence-corrected chi connectivity index (χ2v) is 8.07. The fraction of sp³-hybridized carbons (Fsp3) is 0.632. The van der Waals surface area contributed by atoms with Gasteiger partial charge in [0.1, 0.15) is 5.60 Å². The minimum absolute atomic E-state index is 0.0462. The Kier molecular flexibility index (Phi) is 2.84. The third-order valence-corrected chi connectivity index (χ3v) is 7.14. The number of benzene rings is 1. The first kappa shape index (κ1) is 15.6. The number of ketones is 1. The summed E-state index contributed by atoms with van der Waals surface area (Å²) in [4.78, 5) is 15.0. The normalized spacial score (nSPS) is 44.3. The van der Waals surface area contributed by atoms with E-state index in [-0.39, 0.29) is 24.2 Å². The van der Waals surface area contributed by atoms with Gasteiger partial charge in [0.25, 0.3) is 0 Å². The van der Waals surface area contributed by atoms with Gasteiger partial charge in [0.05, 0.1) is 18.6 Å². The van der Waals surface area contributed by atoms with E-state index in [1.807, 2.05) is 26.1 Å². The zero-order valence-electron chi connectivity index (χ0n) is 14.7. The van der Waals surface area contributed by atoms with Gasteiger partial charge in [-0.15, -0.1) is 0 Å². The summed E-state index contributed by atoms with van der Waals surface area (Å²) in [5.74, 6) is 0.964. The van der Waals surface area contributed by atoms with Gasteiger partial charge in [0, 0.05) is 24.6 Å². The molecule has 5 rings (SSSR count). The molecule has 0 radical (unpaired) electrons. The molecular formula is C19H23NO5. The van der Waals surface area contributed by atoms with Crippen LogP contribution in [0, 0.1) is 5.92 Å². The smallest absolute Gasteiger partial charge is 0.177 e. The number of aliphatic hydroxyl groups excluding tert-OH is 1. The Bertz CT molecular complexity index is 794. The number of methoxy groups -OCH3 is 1. The van der Waals surface area contributed by atoms with Crippen LogP contribution in [-0.2, 0) is 16.6 Å². The molecule has 2 heterocycles.